The summed E-state index contributed by atoms with van der Waals surface area (Å²) in [5.74, 6) is 1.23. The van der Waals surface area contributed by atoms with Crippen molar-refractivity contribution in [2.45, 2.75) is 25.8 Å². The van der Waals surface area contributed by atoms with E-state index < -0.39 is 0 Å². The van der Waals surface area contributed by atoms with Gasteiger partial charge in [0.2, 0.25) is 0 Å². The van der Waals surface area contributed by atoms with E-state index in [9.17, 15) is 0 Å². The SMILES string of the molecule is C[C@@H](CCc1ccccc1)Nc1ncnc(-n2cccn2)c1N. The summed E-state index contributed by atoms with van der Waals surface area (Å²) in [7, 11) is 0. The second-order valence-corrected chi connectivity index (χ2v) is 5.48. The molecule has 2 aromatic heterocycles. The lowest BCUT2D eigenvalue weighted by molar-refractivity contribution is 0.702. The number of hydrogen-bond donors (Lipinski definition) is 2. The molecule has 6 heteroatoms. The van der Waals surface area contributed by atoms with Gasteiger partial charge in [-0.15, -0.1) is 0 Å². The highest BCUT2D eigenvalue weighted by molar-refractivity contribution is 5.69. The maximum absolute atomic E-state index is 6.18. The number of nitrogens with two attached hydrogens (primary N) is 1. The Balaban J connectivity index is 1.67. The molecular formula is C17H20N6. The minimum atomic E-state index is 0.248. The molecule has 3 N–H and O–H groups in total. The summed E-state index contributed by atoms with van der Waals surface area (Å²) in [5.41, 5.74) is 8.01. The average Bonchev–Trinajstić information content (AvgIpc) is 3.10. The number of nitrogens with one attached hydrogen (secondary N) is 1. The van der Waals surface area contributed by atoms with Crippen LogP contribution in [-0.2, 0) is 6.42 Å². The lowest BCUT2D eigenvalue weighted by Gasteiger charge is -2.17. The largest absolute Gasteiger partial charge is 0.393 e. The highest BCUT2D eigenvalue weighted by Crippen LogP contribution is 2.22. The van der Waals surface area contributed by atoms with Crippen LogP contribution in [0.25, 0.3) is 5.82 Å². The van der Waals surface area contributed by atoms with Gasteiger partial charge < -0.3 is 11.1 Å². The van der Waals surface area contributed by atoms with E-state index in [4.69, 9.17) is 5.73 Å². The Morgan fingerprint density at radius 3 is 2.74 bits per heavy atom. The van der Waals surface area contributed by atoms with Crippen molar-refractivity contribution in [1.29, 1.82) is 0 Å². The number of aryl methyl sites for hydroxylation is 1. The van der Waals surface area contributed by atoms with Gasteiger partial charge in [0.05, 0.1) is 0 Å². The highest BCUT2D eigenvalue weighted by Gasteiger charge is 2.12. The van der Waals surface area contributed by atoms with Gasteiger partial charge in [0.1, 0.15) is 12.0 Å². The Bertz CT molecular complexity index is 739. The zero-order valence-electron chi connectivity index (χ0n) is 13.1. The summed E-state index contributed by atoms with van der Waals surface area (Å²) >= 11 is 0. The minimum absolute atomic E-state index is 0.248. The average molecular weight is 308 g/mol. The smallest absolute Gasteiger partial charge is 0.181 e. The molecule has 1 aromatic carbocycles. The summed E-state index contributed by atoms with van der Waals surface area (Å²) < 4.78 is 1.64. The molecule has 118 valence electrons. The number of nitrogen functional groups attached to an aromatic ring is 1. The van der Waals surface area contributed by atoms with Gasteiger partial charge in [-0.25, -0.2) is 14.6 Å². The van der Waals surface area contributed by atoms with Crippen LogP contribution in [0.4, 0.5) is 11.5 Å². The van der Waals surface area contributed by atoms with Gasteiger partial charge in [-0.3, -0.25) is 0 Å². The molecule has 0 bridgehead atoms. The molecule has 0 aliphatic carbocycles. The summed E-state index contributed by atoms with van der Waals surface area (Å²) in [5, 5.41) is 7.53. The number of nitrogens with zero attached hydrogens (tertiary/aromatic N) is 4. The molecule has 0 amide bonds. The fourth-order valence-electron chi connectivity index (χ4n) is 2.41. The Hall–Kier alpha value is -2.89. The third-order valence-corrected chi connectivity index (χ3v) is 3.68. The molecule has 0 saturated heterocycles. The molecule has 3 rings (SSSR count). The monoisotopic (exact) mass is 308 g/mol. The van der Waals surface area contributed by atoms with E-state index in [-0.39, 0.29) is 6.04 Å². The van der Waals surface area contributed by atoms with Crippen LogP contribution < -0.4 is 11.1 Å². The first-order valence-electron chi connectivity index (χ1n) is 7.65. The van der Waals surface area contributed by atoms with Gasteiger partial charge in [0.15, 0.2) is 11.6 Å². The van der Waals surface area contributed by atoms with Crippen LogP contribution in [0.5, 0.6) is 0 Å². The Labute approximate surface area is 135 Å². The van der Waals surface area contributed by atoms with Crippen molar-refractivity contribution < 1.29 is 0 Å². The van der Waals surface area contributed by atoms with Crippen LogP contribution in [0, 0.1) is 0 Å². The second-order valence-electron chi connectivity index (χ2n) is 5.48. The summed E-state index contributed by atoms with van der Waals surface area (Å²) in [6.45, 7) is 2.12. The summed E-state index contributed by atoms with van der Waals surface area (Å²) in [6, 6.07) is 12.5. The predicted molar refractivity (Wildman–Crippen MR) is 91.4 cm³/mol. The standard InChI is InChI=1S/C17H20N6/c1-13(8-9-14-6-3-2-4-7-14)22-16-15(18)17(20-12-19-16)23-11-5-10-21-23/h2-7,10-13H,8-9,18H2,1H3,(H,19,20,22)/t13-/m0/s1. The Morgan fingerprint density at radius 2 is 2.00 bits per heavy atom. The first kappa shape index (κ1) is 15.0. The van der Waals surface area contributed by atoms with Crippen molar-refractivity contribution in [2.24, 2.45) is 0 Å². The van der Waals surface area contributed by atoms with Gasteiger partial charge in [0, 0.05) is 18.4 Å². The third kappa shape index (κ3) is 3.66. The topological polar surface area (TPSA) is 81.7 Å². The van der Waals surface area contributed by atoms with E-state index in [1.165, 1.54) is 11.9 Å². The van der Waals surface area contributed by atoms with Crippen molar-refractivity contribution in [2.75, 3.05) is 11.1 Å². The molecule has 0 aliphatic heterocycles. The summed E-state index contributed by atoms with van der Waals surface area (Å²) in [6.07, 6.45) is 6.99. The van der Waals surface area contributed by atoms with Gasteiger partial charge in [-0.1, -0.05) is 30.3 Å². The molecule has 3 aromatic rings. The maximum Gasteiger partial charge on any atom is 0.181 e. The third-order valence-electron chi connectivity index (χ3n) is 3.68. The predicted octanol–water partition coefficient (Wildman–Crippen LogP) is 2.68. The molecule has 0 saturated carbocycles. The van der Waals surface area contributed by atoms with Gasteiger partial charge >= 0.3 is 0 Å². The van der Waals surface area contributed by atoms with Crippen molar-refractivity contribution in [3.05, 3.63) is 60.7 Å². The maximum atomic E-state index is 6.18. The zero-order valence-corrected chi connectivity index (χ0v) is 13.1. The summed E-state index contributed by atoms with van der Waals surface area (Å²) in [4.78, 5) is 8.46. The molecule has 0 radical (unpaired) electrons. The van der Waals surface area contributed by atoms with E-state index in [0.717, 1.165) is 12.8 Å². The van der Waals surface area contributed by atoms with E-state index in [1.54, 1.807) is 17.1 Å². The molecule has 0 unspecified atom stereocenters. The second kappa shape index (κ2) is 6.91. The van der Waals surface area contributed by atoms with Crippen LogP contribution in [0.15, 0.2) is 55.1 Å². The van der Waals surface area contributed by atoms with Crippen molar-refractivity contribution in [3.63, 3.8) is 0 Å². The minimum Gasteiger partial charge on any atom is -0.393 e. The lowest BCUT2D eigenvalue weighted by atomic mass is 10.1. The van der Waals surface area contributed by atoms with Crippen LogP contribution >= 0.6 is 0 Å². The van der Waals surface area contributed by atoms with Crippen LogP contribution in [0.3, 0.4) is 0 Å². The first-order valence-corrected chi connectivity index (χ1v) is 7.65. The van der Waals surface area contributed by atoms with Gasteiger partial charge in [0.25, 0.3) is 0 Å². The fourth-order valence-corrected chi connectivity index (χ4v) is 2.41. The zero-order chi connectivity index (χ0) is 16.1. The molecule has 0 fully saturated rings. The quantitative estimate of drug-likeness (QED) is 0.731. The van der Waals surface area contributed by atoms with Gasteiger partial charge in [-0.2, -0.15) is 5.10 Å². The van der Waals surface area contributed by atoms with E-state index in [0.29, 0.717) is 17.3 Å². The molecule has 2 heterocycles. The highest BCUT2D eigenvalue weighted by atomic mass is 15.3. The fraction of sp³-hybridized carbons (Fsp3) is 0.235. The molecule has 1 atom stereocenters. The van der Waals surface area contributed by atoms with E-state index in [2.05, 4.69) is 51.6 Å². The van der Waals surface area contributed by atoms with Crippen molar-refractivity contribution >= 4 is 11.5 Å². The number of aromatic nitrogens is 4. The van der Waals surface area contributed by atoms with Crippen LogP contribution in [0.1, 0.15) is 18.9 Å². The van der Waals surface area contributed by atoms with Crippen LogP contribution in [0.2, 0.25) is 0 Å². The normalized spacial score (nSPS) is 12.0. The van der Waals surface area contributed by atoms with Crippen LogP contribution in [-0.4, -0.2) is 25.8 Å². The van der Waals surface area contributed by atoms with Crippen molar-refractivity contribution in [1.82, 2.24) is 19.7 Å². The van der Waals surface area contributed by atoms with E-state index >= 15 is 0 Å². The molecule has 0 aliphatic rings. The van der Waals surface area contributed by atoms with E-state index in [1.807, 2.05) is 12.1 Å². The lowest BCUT2D eigenvalue weighted by Crippen LogP contribution is -2.19. The number of anilines is 2. The Kier molecular flexibility index (Phi) is 4.52. The molecule has 0 spiro atoms. The van der Waals surface area contributed by atoms with Crippen molar-refractivity contribution in [3.8, 4) is 5.82 Å². The number of rotatable bonds is 6. The number of benzene rings is 1. The first-order chi connectivity index (χ1) is 11.2. The molecular weight excluding hydrogens is 288 g/mol. The Morgan fingerprint density at radius 1 is 1.17 bits per heavy atom. The molecule has 23 heavy (non-hydrogen) atoms. The molecule has 6 nitrogen and oxygen atoms in total. The van der Waals surface area contributed by atoms with Gasteiger partial charge in [-0.05, 0) is 31.4 Å². The number of hydrogen-bond acceptors (Lipinski definition) is 5.